The van der Waals surface area contributed by atoms with Gasteiger partial charge in [-0.1, -0.05) is 88.7 Å². The molecule has 0 aliphatic rings. The zero-order chi connectivity index (χ0) is 31.9. The number of hydrogen-bond acceptors (Lipinski definition) is 4. The van der Waals surface area contributed by atoms with Gasteiger partial charge < -0.3 is 10.2 Å². The van der Waals surface area contributed by atoms with Gasteiger partial charge in [-0.25, -0.2) is 8.42 Å². The third kappa shape index (κ3) is 8.57. The molecule has 230 valence electrons. The summed E-state index contributed by atoms with van der Waals surface area (Å²) in [5.74, 6) is -0.815. The molecule has 4 rings (SSSR count). The molecule has 44 heavy (non-hydrogen) atoms. The molecule has 0 saturated carbocycles. The van der Waals surface area contributed by atoms with Gasteiger partial charge in [0.1, 0.15) is 12.6 Å². The van der Waals surface area contributed by atoms with Crippen LogP contribution in [0.3, 0.4) is 0 Å². The fourth-order valence-corrected chi connectivity index (χ4v) is 6.53. The van der Waals surface area contributed by atoms with Crippen LogP contribution in [0.2, 0.25) is 0 Å². The summed E-state index contributed by atoms with van der Waals surface area (Å²) in [6, 6.07) is 31.1. The minimum Gasteiger partial charge on any atom is -0.350 e. The fourth-order valence-electron chi connectivity index (χ4n) is 4.83. The van der Waals surface area contributed by atoms with Crippen molar-refractivity contribution in [2.24, 2.45) is 0 Å². The molecule has 0 spiro atoms. The highest BCUT2D eigenvalue weighted by atomic mass is 79.9. The fraction of sp³-hybridized carbons (Fsp3) is 0.257. The number of nitrogens with zero attached hydrogens (tertiary/aromatic N) is 2. The molecule has 9 heteroatoms. The maximum atomic E-state index is 14.5. The van der Waals surface area contributed by atoms with E-state index >= 15 is 0 Å². The zero-order valence-electron chi connectivity index (χ0n) is 25.4. The summed E-state index contributed by atoms with van der Waals surface area (Å²) in [4.78, 5) is 30.1. The summed E-state index contributed by atoms with van der Waals surface area (Å²) >= 11 is 3.41. The monoisotopic (exact) mass is 675 g/mol. The van der Waals surface area contributed by atoms with Gasteiger partial charge >= 0.3 is 0 Å². The zero-order valence-corrected chi connectivity index (χ0v) is 27.8. The van der Waals surface area contributed by atoms with E-state index in [4.69, 9.17) is 0 Å². The van der Waals surface area contributed by atoms with Gasteiger partial charge in [-0.15, -0.1) is 0 Å². The van der Waals surface area contributed by atoms with Crippen LogP contribution in [0.5, 0.6) is 0 Å². The molecular formula is C35H38BrN3O4S. The molecule has 7 nitrogen and oxygen atoms in total. The predicted molar refractivity (Wildman–Crippen MR) is 179 cm³/mol. The molecule has 0 radical (unpaired) electrons. The van der Waals surface area contributed by atoms with Crippen molar-refractivity contribution in [2.45, 2.75) is 57.1 Å². The van der Waals surface area contributed by atoms with Crippen LogP contribution in [0.4, 0.5) is 5.69 Å². The Morgan fingerprint density at radius 1 is 0.818 bits per heavy atom. The Balaban J connectivity index is 1.82. The van der Waals surface area contributed by atoms with Crippen LogP contribution in [0.15, 0.2) is 119 Å². The Morgan fingerprint density at radius 3 is 1.98 bits per heavy atom. The van der Waals surface area contributed by atoms with E-state index in [1.165, 1.54) is 17.0 Å². The Morgan fingerprint density at radius 2 is 1.39 bits per heavy atom. The number of sulfonamides is 1. The first-order chi connectivity index (χ1) is 20.8. The summed E-state index contributed by atoms with van der Waals surface area (Å²) in [5, 5.41) is 3.05. The Kier molecular flexibility index (Phi) is 10.7. The summed E-state index contributed by atoms with van der Waals surface area (Å²) in [6.45, 7) is 7.24. The molecule has 0 aromatic heterocycles. The number of nitrogens with one attached hydrogen (secondary N) is 1. The molecule has 0 saturated heterocycles. The van der Waals surface area contributed by atoms with Crippen molar-refractivity contribution < 1.29 is 18.0 Å². The van der Waals surface area contributed by atoms with Crippen LogP contribution in [-0.4, -0.2) is 43.3 Å². The number of rotatable bonds is 11. The SMILES string of the molecule is Cc1ccccc1CN(C(=O)CN(c1ccc(Br)cc1)S(=O)(=O)c1ccccc1)[C@H](Cc1ccccc1)C(=O)NC(C)(C)C. The normalized spacial score (nSPS) is 12.3. The lowest BCUT2D eigenvalue weighted by molar-refractivity contribution is -0.140. The Bertz CT molecular complexity index is 1670. The van der Waals surface area contributed by atoms with E-state index in [-0.39, 0.29) is 23.8 Å². The van der Waals surface area contributed by atoms with Crippen molar-refractivity contribution in [1.29, 1.82) is 0 Å². The molecule has 0 bridgehead atoms. The van der Waals surface area contributed by atoms with Crippen LogP contribution in [0, 0.1) is 6.92 Å². The largest absolute Gasteiger partial charge is 0.350 e. The first kappa shape index (κ1) is 33.0. The maximum absolute atomic E-state index is 14.5. The number of halogens is 1. The van der Waals surface area contributed by atoms with Crippen LogP contribution < -0.4 is 9.62 Å². The second-order valence-electron chi connectivity index (χ2n) is 11.7. The van der Waals surface area contributed by atoms with E-state index in [2.05, 4.69) is 21.2 Å². The third-order valence-electron chi connectivity index (χ3n) is 7.10. The van der Waals surface area contributed by atoms with Gasteiger partial charge in [0.15, 0.2) is 0 Å². The number of carbonyl (C=O) groups excluding carboxylic acids is 2. The standard InChI is InChI=1S/C35H38BrN3O4S/c1-26-13-11-12-16-28(26)24-38(32(34(41)37-35(2,3)4)23-27-14-7-5-8-15-27)33(40)25-39(30-21-19-29(36)20-22-30)44(42,43)31-17-9-6-10-18-31/h5-22,32H,23-25H2,1-4H3,(H,37,41)/t32-/m1/s1. The average Bonchev–Trinajstić information content (AvgIpc) is 2.99. The van der Waals surface area contributed by atoms with Gasteiger partial charge in [0.25, 0.3) is 10.0 Å². The van der Waals surface area contributed by atoms with E-state index < -0.39 is 34.1 Å². The first-order valence-electron chi connectivity index (χ1n) is 14.4. The molecular weight excluding hydrogens is 638 g/mol. The van der Waals surface area contributed by atoms with Gasteiger partial charge in [-0.2, -0.15) is 0 Å². The minimum absolute atomic E-state index is 0.0625. The van der Waals surface area contributed by atoms with E-state index in [9.17, 15) is 18.0 Å². The molecule has 2 amide bonds. The van der Waals surface area contributed by atoms with Crippen LogP contribution in [0.1, 0.15) is 37.5 Å². The van der Waals surface area contributed by atoms with E-state index in [1.54, 1.807) is 42.5 Å². The number of carbonyl (C=O) groups is 2. The van der Waals surface area contributed by atoms with Crippen molar-refractivity contribution in [3.05, 3.63) is 130 Å². The van der Waals surface area contributed by atoms with Crippen LogP contribution in [0.25, 0.3) is 0 Å². The third-order valence-corrected chi connectivity index (χ3v) is 9.41. The molecule has 1 atom stereocenters. The lowest BCUT2D eigenvalue weighted by Crippen LogP contribution is -2.56. The van der Waals surface area contributed by atoms with Crippen LogP contribution >= 0.6 is 15.9 Å². The Hall–Kier alpha value is -3.95. The van der Waals surface area contributed by atoms with Crippen molar-refractivity contribution in [3.63, 3.8) is 0 Å². The first-order valence-corrected chi connectivity index (χ1v) is 16.6. The summed E-state index contributed by atoms with van der Waals surface area (Å²) in [5.41, 5.74) is 2.49. The second kappa shape index (κ2) is 14.2. The highest BCUT2D eigenvalue weighted by molar-refractivity contribution is 9.10. The highest BCUT2D eigenvalue weighted by Gasteiger charge is 2.35. The highest BCUT2D eigenvalue weighted by Crippen LogP contribution is 2.27. The van der Waals surface area contributed by atoms with Crippen LogP contribution in [-0.2, 0) is 32.6 Å². The predicted octanol–water partition coefficient (Wildman–Crippen LogP) is 6.51. The molecule has 4 aromatic carbocycles. The maximum Gasteiger partial charge on any atom is 0.264 e. The quantitative estimate of drug-likeness (QED) is 0.196. The van der Waals surface area contributed by atoms with Gasteiger partial charge in [0, 0.05) is 23.0 Å². The Labute approximate surface area is 269 Å². The molecule has 0 aliphatic heterocycles. The van der Waals surface area contributed by atoms with Crippen molar-refractivity contribution in [1.82, 2.24) is 10.2 Å². The van der Waals surface area contributed by atoms with Crippen molar-refractivity contribution in [2.75, 3.05) is 10.8 Å². The van der Waals surface area contributed by atoms with Crippen molar-refractivity contribution >= 4 is 43.5 Å². The number of aryl methyl sites for hydroxylation is 1. The molecule has 0 unspecified atom stereocenters. The van der Waals surface area contributed by atoms with Gasteiger partial charge in [-0.3, -0.25) is 13.9 Å². The second-order valence-corrected chi connectivity index (χ2v) is 14.5. The van der Waals surface area contributed by atoms with Gasteiger partial charge in [0.2, 0.25) is 11.8 Å². The minimum atomic E-state index is -4.14. The topological polar surface area (TPSA) is 86.8 Å². The van der Waals surface area contributed by atoms with E-state index in [1.807, 2.05) is 82.3 Å². The number of anilines is 1. The molecule has 0 heterocycles. The molecule has 0 aliphatic carbocycles. The van der Waals surface area contributed by atoms with Gasteiger partial charge in [-0.05, 0) is 80.8 Å². The molecule has 0 fully saturated rings. The molecule has 1 N–H and O–H groups in total. The smallest absolute Gasteiger partial charge is 0.264 e. The van der Waals surface area contributed by atoms with Crippen molar-refractivity contribution in [3.8, 4) is 0 Å². The molecule has 4 aromatic rings. The summed E-state index contributed by atoms with van der Waals surface area (Å²) in [7, 11) is -4.14. The average molecular weight is 677 g/mol. The summed E-state index contributed by atoms with van der Waals surface area (Å²) in [6.07, 6.45) is 0.254. The number of amides is 2. The van der Waals surface area contributed by atoms with E-state index in [0.717, 1.165) is 25.5 Å². The number of benzene rings is 4. The lowest BCUT2D eigenvalue weighted by atomic mass is 10.00. The lowest BCUT2D eigenvalue weighted by Gasteiger charge is -2.35. The summed E-state index contributed by atoms with van der Waals surface area (Å²) < 4.78 is 30.0. The van der Waals surface area contributed by atoms with E-state index in [0.29, 0.717) is 5.69 Å². The van der Waals surface area contributed by atoms with Gasteiger partial charge in [0.05, 0.1) is 10.6 Å². The number of hydrogen-bond donors (Lipinski definition) is 1.